The molecule has 16 heteroatoms. The predicted octanol–water partition coefficient (Wildman–Crippen LogP) is 24.8. The first kappa shape index (κ1) is 106. The molecule has 13 rings (SSSR count). The summed E-state index contributed by atoms with van der Waals surface area (Å²) in [4.78, 5) is 32.2. The van der Waals surface area contributed by atoms with Crippen molar-refractivity contribution in [2.45, 2.75) is 299 Å². The summed E-state index contributed by atoms with van der Waals surface area (Å²) in [6.07, 6.45) is 55.8. The number of hydrogen-bond donors (Lipinski definition) is 0. The molecule has 6 aliphatic rings. The van der Waals surface area contributed by atoms with Crippen LogP contribution in [0.4, 0.5) is 0 Å². The number of aromatic nitrogens is 7. The van der Waals surface area contributed by atoms with Crippen molar-refractivity contribution in [2.75, 3.05) is 12.3 Å². The molecule has 6 fully saturated rings. The summed E-state index contributed by atoms with van der Waals surface area (Å²) >= 11 is 0. The first-order valence-electron chi connectivity index (χ1n) is 38.3. The fourth-order valence-electron chi connectivity index (χ4n) is 15.8. The number of pyridine rings is 7. The largest absolute Gasteiger partial charge is 2.00 e. The first-order chi connectivity index (χ1) is 47.2. The maximum atomic E-state index is 4.62. The van der Waals surface area contributed by atoms with E-state index in [1.807, 2.05) is 85.8 Å². The quantitative estimate of drug-likeness (QED) is 0.0427. The molecule has 0 saturated heterocycles. The molecule has 7 nitrogen and oxygen atoms in total. The zero-order valence-electron chi connectivity index (χ0n) is 68.8. The monoisotopic (exact) mass is 1680 g/mol. The summed E-state index contributed by atoms with van der Waals surface area (Å²) in [6.45, 7) is 23.6. The number of unbranched alkanes of at least 4 members (excludes halogenated alkanes) is 2. The van der Waals surface area contributed by atoms with Gasteiger partial charge in [0, 0.05) is 43.4 Å². The van der Waals surface area contributed by atoms with Crippen LogP contribution in [-0.2, 0) is 51.2 Å². The van der Waals surface area contributed by atoms with Gasteiger partial charge in [-0.2, -0.15) is 0 Å². The Morgan fingerprint density at radius 3 is 0.764 bits per heavy atom. The average Bonchev–Trinajstić information content (AvgIpc) is 1.37. The van der Waals surface area contributed by atoms with E-state index < -0.39 is 0 Å². The maximum absolute atomic E-state index is 4.62. The Balaban J connectivity index is 0. The molecule has 0 aliphatic heterocycles. The molecule has 0 spiro atoms. The Kier molecular flexibility index (Phi) is 59.1. The molecule has 0 amide bonds. The minimum Gasteiger partial charge on any atom is -0.358 e. The van der Waals surface area contributed by atoms with Crippen LogP contribution in [0.3, 0.4) is 0 Å². The summed E-state index contributed by atoms with van der Waals surface area (Å²) < 4.78 is 0. The predicted molar refractivity (Wildman–Crippen MR) is 475 cm³/mol. The van der Waals surface area contributed by atoms with Gasteiger partial charge in [-0.1, -0.05) is 217 Å². The van der Waals surface area contributed by atoms with Crippen LogP contribution in [0.1, 0.15) is 249 Å². The van der Waals surface area contributed by atoms with Gasteiger partial charge in [-0.15, -0.1) is 0 Å². The van der Waals surface area contributed by atoms with Crippen LogP contribution in [0.25, 0.3) is 0 Å². The summed E-state index contributed by atoms with van der Waals surface area (Å²) in [5.41, 5.74) is 15.6. The van der Waals surface area contributed by atoms with Crippen molar-refractivity contribution in [3.8, 4) is 0 Å². The van der Waals surface area contributed by atoms with Crippen LogP contribution in [0.15, 0.2) is 171 Å². The van der Waals surface area contributed by atoms with Crippen molar-refractivity contribution in [2.24, 2.45) is 0 Å². The zero-order valence-corrected chi connectivity index (χ0v) is 77.5. The Hall–Kier alpha value is -1.81. The van der Waals surface area contributed by atoms with Crippen molar-refractivity contribution in [3.05, 3.63) is 215 Å². The smallest absolute Gasteiger partial charge is 0.358 e. The van der Waals surface area contributed by atoms with Gasteiger partial charge in [-0.25, -0.2) is 0 Å². The van der Waals surface area contributed by atoms with Gasteiger partial charge >= 0.3 is 51.2 Å². The van der Waals surface area contributed by atoms with E-state index in [0.717, 1.165) is 39.6 Å². The minimum atomic E-state index is -0.374. The van der Waals surface area contributed by atoms with Gasteiger partial charge in [-0.05, 0) is 269 Å². The molecule has 0 radical (unpaired) electrons. The average molecular weight is 1680 g/mol. The molecular weight excluding hydrogens is 1530 g/mol. The third-order valence-corrected chi connectivity index (χ3v) is 39.2. The van der Waals surface area contributed by atoms with E-state index in [2.05, 4.69) is 189 Å². The first-order valence-corrected chi connectivity index (χ1v) is 47.2. The van der Waals surface area contributed by atoms with E-state index in [4.69, 9.17) is 0 Å². The topological polar surface area (TPSA) is 90.2 Å². The molecule has 6 aliphatic carbocycles. The molecule has 7 aromatic rings. The molecule has 106 heavy (non-hydrogen) atoms. The van der Waals surface area contributed by atoms with Crippen molar-refractivity contribution in [1.29, 1.82) is 0 Å². The number of hydrogen-bond acceptors (Lipinski definition) is 7. The molecule has 0 N–H and O–H groups in total. The fourth-order valence-corrected chi connectivity index (χ4v) is 34.8. The van der Waals surface area contributed by atoms with E-state index in [9.17, 15) is 0 Å². The second-order valence-electron chi connectivity index (χ2n) is 30.0. The molecule has 7 aromatic heterocycles. The summed E-state index contributed by atoms with van der Waals surface area (Å²) in [5.74, 6) is 0. The van der Waals surface area contributed by atoms with E-state index in [0.29, 0.717) is 10.3 Å². The van der Waals surface area contributed by atoms with Gasteiger partial charge in [0.2, 0.25) is 0 Å². The van der Waals surface area contributed by atoms with E-state index >= 15 is 0 Å². The molecule has 0 bridgehead atoms. The van der Waals surface area contributed by atoms with Gasteiger partial charge < -0.3 is 44.6 Å². The van der Waals surface area contributed by atoms with E-state index in [1.165, 1.54) is 230 Å². The SMILES string of the molecule is CC(C)(C)P(c1ccccn1)C1CCCC1.CC(C)(C)P(c1ccccn1)C1CCCC1.CC(C)P(c1ccccn1)C1CCCC1.CCCCP(c1ccccn1)C1CCCC1.CCCCP(c1ccccn1)C1CCCC1.[CH3-].[CH3-].[CH3-].[CH3-].[CH3-].[CH3-].[Fe+2].[Fe+2].[Fe+2].c1ccc(P(c2ccccn2)C2CCCC2)nc1. The Labute approximate surface area is 692 Å². The van der Waals surface area contributed by atoms with Gasteiger partial charge in [0.25, 0.3) is 0 Å². The van der Waals surface area contributed by atoms with Gasteiger partial charge in [0.15, 0.2) is 0 Å². The second kappa shape index (κ2) is 59.0. The van der Waals surface area contributed by atoms with Crippen molar-refractivity contribution in [1.82, 2.24) is 34.9 Å². The second-order valence-corrected chi connectivity index (χ2v) is 47.1. The minimum absolute atomic E-state index is 0. The number of rotatable bonds is 20. The third kappa shape index (κ3) is 35.3. The fraction of sp³-hybridized carbons (Fsp3) is 0.544. The molecule has 6 saturated carbocycles. The Bertz CT molecular complexity index is 2940. The third-order valence-electron chi connectivity index (χ3n) is 20.2. The summed E-state index contributed by atoms with van der Waals surface area (Å²) in [5, 5.41) is 0.775. The maximum Gasteiger partial charge on any atom is 2.00 e. The van der Waals surface area contributed by atoms with Gasteiger partial charge in [0.05, 0.1) is 38.0 Å². The van der Waals surface area contributed by atoms with Crippen molar-refractivity contribution >= 4 is 85.6 Å². The van der Waals surface area contributed by atoms with Gasteiger partial charge in [0.1, 0.15) is 0 Å². The number of nitrogens with zero attached hydrogens (tertiary/aromatic N) is 7. The molecular formula is C90H143Fe3N7P6. The standard InChI is InChI=1S/C15H17N2P.4C14H22NP.C13H20NP.6CH3.3Fe/c1-2-8-13(7-1)18(14-9-3-5-11-16-14)15-10-4-6-12-17-15;2*1-14(2,3)16(12-8-4-5-9-12)13-10-6-7-11-15-13;2*1-2-3-12-16(13-8-4-5-9-13)14-10-6-7-11-15-14;1-11(2)15(12-7-3-4-8-12)13-9-5-6-10-14-13;;;;;;;;;/h3-6,9-13H,1-2,7-8H2;2*6-7,10-12H,4-5,8-9H2,1-3H3;2*6-7,10-11,13H,2-5,8-9,12H2,1H3;5-6,9-12H,3-4,7-8H2,1-2H3;6*1H3;;;/q;;;;;;6*-1;3*+2. The Morgan fingerprint density at radius 2 is 0.528 bits per heavy atom. The van der Waals surface area contributed by atoms with Crippen LogP contribution in [0, 0.1) is 44.6 Å². The summed E-state index contributed by atoms with van der Waals surface area (Å²) in [6, 6.07) is 44.5. The molecule has 0 aromatic carbocycles. The summed E-state index contributed by atoms with van der Waals surface area (Å²) in [7, 11) is -0.567. The normalized spacial score (nSPS) is 17.2. The molecule has 5 atom stereocenters. The van der Waals surface area contributed by atoms with Crippen LogP contribution in [0.5, 0.6) is 0 Å². The van der Waals surface area contributed by atoms with Crippen molar-refractivity contribution in [3.63, 3.8) is 0 Å². The molecule has 592 valence electrons. The van der Waals surface area contributed by atoms with Crippen LogP contribution in [-0.4, -0.2) is 97.1 Å². The van der Waals surface area contributed by atoms with Crippen LogP contribution in [0.2, 0.25) is 0 Å². The zero-order chi connectivity index (χ0) is 68.5. The molecule has 7 heterocycles. The van der Waals surface area contributed by atoms with Crippen LogP contribution >= 0.6 is 47.5 Å². The van der Waals surface area contributed by atoms with Crippen molar-refractivity contribution < 1.29 is 51.2 Å². The van der Waals surface area contributed by atoms with E-state index in [1.54, 1.807) is 0 Å². The molecule has 5 unspecified atom stereocenters. The van der Waals surface area contributed by atoms with E-state index in [-0.39, 0.29) is 143 Å². The van der Waals surface area contributed by atoms with Gasteiger partial charge in [-0.3, -0.25) is 34.9 Å². The van der Waals surface area contributed by atoms with Crippen LogP contribution < -0.4 is 38.0 Å². The Morgan fingerprint density at radius 1 is 0.302 bits per heavy atom.